The van der Waals surface area contributed by atoms with Crippen molar-refractivity contribution in [2.24, 2.45) is 0 Å². The number of hydrogen-bond acceptors (Lipinski definition) is 3. The molecule has 3 heterocycles. The van der Waals surface area contributed by atoms with Crippen LogP contribution in [0.3, 0.4) is 0 Å². The fraction of sp³-hybridized carbons (Fsp3) is 0.296. The van der Waals surface area contributed by atoms with E-state index >= 15 is 0 Å². The van der Waals surface area contributed by atoms with Crippen LogP contribution in [0.5, 0.6) is 0 Å². The number of benzene rings is 1. The van der Waals surface area contributed by atoms with Crippen molar-refractivity contribution in [3.63, 3.8) is 0 Å². The zero-order valence-electron chi connectivity index (χ0n) is 20.3. The van der Waals surface area contributed by atoms with Gasteiger partial charge >= 0.3 is 33.4 Å². The summed E-state index contributed by atoms with van der Waals surface area (Å²) in [6, 6.07) is 12.7. The van der Waals surface area contributed by atoms with Crippen LogP contribution in [0.15, 0.2) is 48.5 Å². The molecule has 0 bridgehead atoms. The maximum atomic E-state index is 14.9. The first-order valence-electron chi connectivity index (χ1n) is 11.9. The summed E-state index contributed by atoms with van der Waals surface area (Å²) in [5.74, 6) is -3.60. The molecule has 1 saturated carbocycles. The Hall–Kier alpha value is -3.14. The second kappa shape index (κ2) is 11.0. The summed E-state index contributed by atoms with van der Waals surface area (Å²) in [6.45, 7) is 0. The van der Waals surface area contributed by atoms with E-state index in [1.54, 1.807) is 18.2 Å². The number of rotatable bonds is 4. The topological polar surface area (TPSA) is 52.8 Å². The predicted molar refractivity (Wildman–Crippen MR) is 123 cm³/mol. The number of nitrogens with zero attached hydrogens (tertiary/aromatic N) is 4. The molecule has 1 aliphatic rings. The molecule has 3 aromatic heterocycles. The van der Waals surface area contributed by atoms with Crippen LogP contribution in [-0.4, -0.2) is 15.1 Å². The monoisotopic (exact) mass is 745 g/mol. The van der Waals surface area contributed by atoms with Gasteiger partial charge in [-0.3, -0.25) is 13.8 Å². The number of aromatic nitrogens is 4. The first kappa shape index (κ1) is 29.8. The first-order valence-corrected chi connectivity index (χ1v) is 11.9. The van der Waals surface area contributed by atoms with Crippen LogP contribution in [0, 0.1) is 17.7 Å². The molecule has 40 heavy (non-hydrogen) atoms. The minimum absolute atomic E-state index is 0. The summed E-state index contributed by atoms with van der Waals surface area (Å²) in [4.78, 5) is 9.09. The maximum absolute atomic E-state index is 14.9. The molecule has 0 unspecified atom stereocenters. The van der Waals surface area contributed by atoms with Gasteiger partial charge in [0.05, 0.1) is 22.7 Å². The van der Waals surface area contributed by atoms with E-state index in [4.69, 9.17) is 0 Å². The molecule has 212 valence electrons. The third-order valence-electron chi connectivity index (χ3n) is 6.84. The fourth-order valence-electron chi connectivity index (χ4n) is 4.99. The molecule has 0 aliphatic heterocycles. The van der Waals surface area contributed by atoms with E-state index < -0.39 is 46.2 Å². The molecule has 0 saturated heterocycles. The van der Waals surface area contributed by atoms with Crippen molar-refractivity contribution in [1.82, 2.24) is 20.2 Å². The van der Waals surface area contributed by atoms with Crippen LogP contribution in [0.25, 0.3) is 22.6 Å². The molecule has 4 nitrogen and oxygen atoms in total. The Balaban J connectivity index is 0.00000370. The van der Waals surface area contributed by atoms with Crippen molar-refractivity contribution in [2.45, 2.75) is 49.9 Å². The molecule has 5 rings (SSSR count). The molecule has 13 heteroatoms. The van der Waals surface area contributed by atoms with Crippen LogP contribution in [0.1, 0.15) is 54.7 Å². The van der Waals surface area contributed by atoms with Crippen molar-refractivity contribution in [3.8, 4) is 22.6 Å². The molecule has 0 spiro atoms. The quantitative estimate of drug-likeness (QED) is 0.160. The Kier molecular flexibility index (Phi) is 8.22. The van der Waals surface area contributed by atoms with Gasteiger partial charge in [0.25, 0.3) is 0 Å². The van der Waals surface area contributed by atoms with Crippen molar-refractivity contribution in [1.29, 1.82) is 0 Å². The Morgan fingerprint density at radius 2 is 1.40 bits per heavy atom. The SMILES string of the molecule is Fc1c[c-]c(-c2cccc(C3(c4cccc(-c5cc(C(F)(F)F)n[n-]5)n4)CCCCC3)n2)c(F)c1C(F)(F)F.[Pt+2]. The van der Waals surface area contributed by atoms with E-state index in [1.165, 1.54) is 18.2 Å². The Labute approximate surface area is 237 Å². The van der Waals surface area contributed by atoms with Crippen molar-refractivity contribution >= 4 is 0 Å². The summed E-state index contributed by atoms with van der Waals surface area (Å²) in [5.41, 5.74) is -3.90. The van der Waals surface area contributed by atoms with Gasteiger partial charge in [0, 0.05) is 17.0 Å². The molecule has 0 amide bonds. The molecule has 0 atom stereocenters. The zero-order valence-corrected chi connectivity index (χ0v) is 22.6. The van der Waals surface area contributed by atoms with E-state index in [2.05, 4.69) is 26.2 Å². The van der Waals surface area contributed by atoms with Crippen LogP contribution in [0.4, 0.5) is 35.1 Å². The largest absolute Gasteiger partial charge is 2.00 e. The van der Waals surface area contributed by atoms with Crippen molar-refractivity contribution in [3.05, 3.63) is 88.9 Å². The summed E-state index contributed by atoms with van der Waals surface area (Å²) >= 11 is 0. The second-order valence-electron chi connectivity index (χ2n) is 9.27. The molecule has 1 aliphatic carbocycles. The minimum atomic E-state index is -5.26. The van der Waals surface area contributed by atoms with Crippen molar-refractivity contribution < 1.29 is 56.2 Å². The van der Waals surface area contributed by atoms with Crippen LogP contribution in [0.2, 0.25) is 0 Å². The Morgan fingerprint density at radius 1 is 0.800 bits per heavy atom. The van der Waals surface area contributed by atoms with Gasteiger partial charge in [-0.2, -0.15) is 26.3 Å². The van der Waals surface area contributed by atoms with Crippen LogP contribution >= 0.6 is 0 Å². The summed E-state index contributed by atoms with van der Waals surface area (Å²) in [5, 5.41) is 6.81. The summed E-state index contributed by atoms with van der Waals surface area (Å²) < 4.78 is 108. The molecule has 1 aromatic carbocycles. The molecule has 0 N–H and O–H groups in total. The van der Waals surface area contributed by atoms with Gasteiger partial charge in [-0.05, 0) is 42.8 Å². The summed E-state index contributed by atoms with van der Waals surface area (Å²) in [7, 11) is 0. The van der Waals surface area contributed by atoms with Crippen molar-refractivity contribution in [2.75, 3.05) is 0 Å². The van der Waals surface area contributed by atoms with E-state index in [0.717, 1.165) is 25.3 Å². The van der Waals surface area contributed by atoms with Gasteiger partial charge in [0.1, 0.15) is 5.69 Å². The number of alkyl halides is 6. The van der Waals surface area contributed by atoms with Gasteiger partial charge in [0.15, 0.2) is 0 Å². The van der Waals surface area contributed by atoms with Gasteiger partial charge < -0.3 is 15.2 Å². The molecular formula is C27H18F8N4Pt. The number of hydrogen-bond donors (Lipinski definition) is 0. The Bertz CT molecular complexity index is 1510. The van der Waals surface area contributed by atoms with E-state index in [-0.39, 0.29) is 38.1 Å². The van der Waals surface area contributed by atoms with Gasteiger partial charge in [-0.25, -0.2) is 0 Å². The van der Waals surface area contributed by atoms with E-state index in [1.807, 2.05) is 0 Å². The smallest absolute Gasteiger partial charge is 0.573 e. The molecule has 0 radical (unpaired) electrons. The number of halogens is 8. The average Bonchev–Trinajstić information content (AvgIpc) is 3.40. The van der Waals surface area contributed by atoms with Crippen LogP contribution in [-0.2, 0) is 38.8 Å². The fourth-order valence-corrected chi connectivity index (χ4v) is 4.99. The van der Waals surface area contributed by atoms with Gasteiger partial charge in [-0.1, -0.05) is 48.7 Å². The minimum Gasteiger partial charge on any atom is -0.573 e. The predicted octanol–water partition coefficient (Wildman–Crippen LogP) is 7.53. The third-order valence-corrected chi connectivity index (χ3v) is 6.84. The second-order valence-corrected chi connectivity index (χ2v) is 9.27. The normalized spacial score (nSPS) is 15.5. The molecule has 4 aromatic rings. The number of pyridine rings is 2. The van der Waals surface area contributed by atoms with Gasteiger partial charge in [0.2, 0.25) is 0 Å². The zero-order chi connectivity index (χ0) is 28.0. The Morgan fingerprint density at radius 3 is 1.98 bits per heavy atom. The summed E-state index contributed by atoms with van der Waals surface area (Å²) in [6.07, 6.45) is -6.47. The molecular weight excluding hydrogens is 727 g/mol. The molecule has 1 fully saturated rings. The van der Waals surface area contributed by atoms with E-state index in [0.29, 0.717) is 30.3 Å². The van der Waals surface area contributed by atoms with E-state index in [9.17, 15) is 35.1 Å². The maximum Gasteiger partial charge on any atom is 2.00 e. The first-order chi connectivity index (χ1) is 18.4. The van der Waals surface area contributed by atoms with Gasteiger partial charge in [-0.15, -0.1) is 12.1 Å². The van der Waals surface area contributed by atoms with Crippen LogP contribution < -0.4 is 5.10 Å². The standard InChI is InChI=1S/C27H18F8N4.Pt/c28-16-11-10-15(24(29)23(16)27(33,34)35)17-6-4-8-20(36-17)25(12-2-1-3-13-25)21-9-5-7-18(37-21)19-14-22(39-38-19)26(30,31)32;/h4-9,11,14H,1-3,12-13H2;/q-2;+2. The average molecular weight is 746 g/mol. The third kappa shape index (κ3) is 5.55.